The molecule has 114 valence electrons. The second-order valence-corrected chi connectivity index (χ2v) is 5.04. The zero-order chi connectivity index (χ0) is 15.9. The molecule has 0 saturated carbocycles. The first-order valence-corrected chi connectivity index (χ1v) is 7.12. The molecule has 0 aliphatic rings. The molecule has 0 unspecified atom stereocenters. The molecule has 0 saturated heterocycles. The van der Waals surface area contributed by atoms with Crippen LogP contribution in [0.1, 0.15) is 28.9 Å². The van der Waals surface area contributed by atoms with Gasteiger partial charge in [-0.15, -0.1) is 0 Å². The van der Waals surface area contributed by atoms with Crippen LogP contribution in [0.3, 0.4) is 0 Å². The summed E-state index contributed by atoms with van der Waals surface area (Å²) in [6.07, 6.45) is -0.554. The molecule has 0 fully saturated rings. The second-order valence-electron chi connectivity index (χ2n) is 5.04. The Bertz CT molecular complexity index is 625. The summed E-state index contributed by atoms with van der Waals surface area (Å²) < 4.78 is 4.68. The number of rotatable bonds is 5. The van der Waals surface area contributed by atoms with Crippen molar-refractivity contribution in [3.8, 4) is 0 Å². The summed E-state index contributed by atoms with van der Waals surface area (Å²) in [5.74, 6) is -0.435. The molecule has 4 heteroatoms. The molecule has 0 aromatic heterocycles. The average molecular weight is 297 g/mol. The van der Waals surface area contributed by atoms with Gasteiger partial charge in [0.2, 0.25) is 0 Å². The van der Waals surface area contributed by atoms with Gasteiger partial charge in [-0.25, -0.2) is 4.79 Å². The van der Waals surface area contributed by atoms with Gasteiger partial charge < -0.3 is 10.1 Å². The first kappa shape index (κ1) is 15.8. The lowest BCUT2D eigenvalue weighted by Crippen LogP contribution is -2.35. The summed E-state index contributed by atoms with van der Waals surface area (Å²) in [4.78, 5) is 24.3. The first-order valence-electron chi connectivity index (χ1n) is 7.12. The molecule has 2 aromatic carbocycles. The maximum Gasteiger partial charge on any atom is 0.407 e. The molecule has 22 heavy (non-hydrogen) atoms. The predicted molar refractivity (Wildman–Crippen MR) is 84.7 cm³/mol. The topological polar surface area (TPSA) is 55.4 Å². The van der Waals surface area contributed by atoms with Crippen molar-refractivity contribution in [3.05, 3.63) is 71.8 Å². The van der Waals surface area contributed by atoms with Crippen molar-refractivity contribution in [1.82, 2.24) is 5.32 Å². The highest BCUT2D eigenvalue weighted by Gasteiger charge is 2.27. The van der Waals surface area contributed by atoms with E-state index in [0.717, 1.165) is 5.56 Å². The number of alkyl carbamates (subject to hydrolysis) is 1. The molecule has 0 spiro atoms. The number of benzene rings is 2. The van der Waals surface area contributed by atoms with Crippen LogP contribution in [0.15, 0.2) is 60.7 Å². The molecule has 0 aliphatic heterocycles. The van der Waals surface area contributed by atoms with Gasteiger partial charge in [-0.2, -0.15) is 0 Å². The van der Waals surface area contributed by atoms with Gasteiger partial charge in [0.05, 0.1) is 13.2 Å². The normalized spacial score (nSPS) is 13.0. The van der Waals surface area contributed by atoms with Crippen molar-refractivity contribution < 1.29 is 14.3 Å². The smallest absolute Gasteiger partial charge is 0.407 e. The van der Waals surface area contributed by atoms with Crippen LogP contribution in [-0.2, 0) is 4.74 Å². The van der Waals surface area contributed by atoms with E-state index < -0.39 is 18.1 Å². The summed E-state index contributed by atoms with van der Waals surface area (Å²) in [6, 6.07) is 18.0. The third kappa shape index (κ3) is 3.73. The maximum atomic E-state index is 12.6. The van der Waals surface area contributed by atoms with E-state index in [9.17, 15) is 9.59 Å². The van der Waals surface area contributed by atoms with E-state index >= 15 is 0 Å². The van der Waals surface area contributed by atoms with Crippen molar-refractivity contribution in [3.63, 3.8) is 0 Å². The van der Waals surface area contributed by atoms with Crippen molar-refractivity contribution in [2.45, 2.75) is 13.0 Å². The molecule has 2 aromatic rings. The largest absolute Gasteiger partial charge is 0.453 e. The van der Waals surface area contributed by atoms with E-state index in [1.54, 1.807) is 12.1 Å². The lowest BCUT2D eigenvalue weighted by atomic mass is 9.88. The molecule has 0 bridgehead atoms. The van der Waals surface area contributed by atoms with E-state index in [2.05, 4.69) is 10.1 Å². The molecular weight excluding hydrogens is 278 g/mol. The zero-order valence-corrected chi connectivity index (χ0v) is 12.7. The van der Waals surface area contributed by atoms with Crippen molar-refractivity contribution in [1.29, 1.82) is 0 Å². The Kier molecular flexibility index (Phi) is 5.31. The zero-order valence-electron chi connectivity index (χ0n) is 12.7. The number of nitrogens with one attached hydrogen (secondary N) is 1. The Balaban J connectivity index is 2.28. The quantitative estimate of drug-likeness (QED) is 0.858. The second kappa shape index (κ2) is 7.41. The Hall–Kier alpha value is -2.62. The van der Waals surface area contributed by atoms with E-state index in [-0.39, 0.29) is 5.78 Å². The average Bonchev–Trinajstić information content (AvgIpc) is 2.59. The Morgan fingerprint density at radius 3 is 2.05 bits per heavy atom. The number of carbonyl (C=O) groups is 2. The lowest BCUT2D eigenvalue weighted by molar-refractivity contribution is 0.0898. The van der Waals surface area contributed by atoms with Gasteiger partial charge >= 0.3 is 6.09 Å². The van der Waals surface area contributed by atoms with Crippen molar-refractivity contribution in [2.24, 2.45) is 5.92 Å². The predicted octanol–water partition coefficient (Wildman–Crippen LogP) is 3.60. The van der Waals surface area contributed by atoms with Crippen LogP contribution >= 0.6 is 0 Å². The van der Waals surface area contributed by atoms with Gasteiger partial charge in [-0.3, -0.25) is 4.79 Å². The molecule has 1 amide bonds. The highest BCUT2D eigenvalue weighted by molar-refractivity contribution is 5.98. The summed E-state index contributed by atoms with van der Waals surface area (Å²) >= 11 is 0. The Morgan fingerprint density at radius 2 is 1.50 bits per heavy atom. The van der Waals surface area contributed by atoms with E-state index in [0.29, 0.717) is 5.56 Å². The Morgan fingerprint density at radius 1 is 0.955 bits per heavy atom. The number of ether oxygens (including phenoxy) is 1. The monoisotopic (exact) mass is 297 g/mol. The summed E-state index contributed by atoms with van der Waals surface area (Å²) in [6.45, 7) is 1.81. The van der Waals surface area contributed by atoms with E-state index in [1.165, 1.54) is 7.11 Å². The molecule has 0 radical (unpaired) electrons. The minimum absolute atomic E-state index is 0.0224. The van der Waals surface area contributed by atoms with E-state index in [4.69, 9.17) is 0 Å². The van der Waals surface area contributed by atoms with Crippen LogP contribution in [0.25, 0.3) is 0 Å². The number of ketones is 1. The van der Waals surface area contributed by atoms with Crippen LogP contribution in [0.4, 0.5) is 4.79 Å². The van der Waals surface area contributed by atoms with Crippen molar-refractivity contribution >= 4 is 11.9 Å². The Labute approximate surface area is 130 Å². The van der Waals surface area contributed by atoms with Gasteiger partial charge in [0.25, 0.3) is 0 Å². The number of carbonyl (C=O) groups excluding carboxylic acids is 2. The third-order valence-corrected chi connectivity index (χ3v) is 3.59. The standard InChI is InChI=1S/C18H19NO3/c1-13(17(20)15-11-7-4-8-12-15)16(19-18(21)22-2)14-9-5-3-6-10-14/h3-13,16H,1-2H3,(H,19,21)/t13-,16-/m0/s1. The van der Waals surface area contributed by atoms with Gasteiger partial charge in [0.1, 0.15) is 0 Å². The van der Waals surface area contributed by atoms with Gasteiger partial charge in [-0.1, -0.05) is 67.6 Å². The first-order chi connectivity index (χ1) is 10.6. The summed E-state index contributed by atoms with van der Waals surface area (Å²) in [5.41, 5.74) is 1.49. The molecule has 2 atom stereocenters. The van der Waals surface area contributed by atoms with Crippen LogP contribution < -0.4 is 5.32 Å². The molecule has 0 heterocycles. The summed E-state index contributed by atoms with van der Waals surface area (Å²) in [7, 11) is 1.31. The molecule has 1 N–H and O–H groups in total. The number of hydrogen-bond acceptors (Lipinski definition) is 3. The molecule has 2 rings (SSSR count). The third-order valence-electron chi connectivity index (χ3n) is 3.59. The highest BCUT2D eigenvalue weighted by Crippen LogP contribution is 2.25. The van der Waals surface area contributed by atoms with E-state index in [1.807, 2.05) is 55.5 Å². The van der Waals surface area contributed by atoms with Crippen LogP contribution in [-0.4, -0.2) is 19.0 Å². The molecular formula is C18H19NO3. The van der Waals surface area contributed by atoms with Crippen LogP contribution in [0.2, 0.25) is 0 Å². The SMILES string of the molecule is COC(=O)N[C@H](c1ccccc1)[C@H](C)C(=O)c1ccccc1. The van der Waals surface area contributed by atoms with Gasteiger partial charge in [-0.05, 0) is 5.56 Å². The van der Waals surface area contributed by atoms with Crippen LogP contribution in [0.5, 0.6) is 0 Å². The van der Waals surface area contributed by atoms with Crippen LogP contribution in [0, 0.1) is 5.92 Å². The lowest BCUT2D eigenvalue weighted by Gasteiger charge is -2.24. The number of amides is 1. The fraction of sp³-hybridized carbons (Fsp3) is 0.222. The van der Waals surface area contributed by atoms with Gasteiger partial charge in [0.15, 0.2) is 5.78 Å². The molecule has 4 nitrogen and oxygen atoms in total. The maximum absolute atomic E-state index is 12.6. The minimum atomic E-state index is -0.554. The fourth-order valence-corrected chi connectivity index (χ4v) is 2.36. The van der Waals surface area contributed by atoms with Gasteiger partial charge in [0, 0.05) is 11.5 Å². The highest BCUT2D eigenvalue weighted by atomic mass is 16.5. The number of Topliss-reactive ketones (excluding diaryl/α,β-unsaturated/α-hetero) is 1. The minimum Gasteiger partial charge on any atom is -0.453 e. The number of methoxy groups -OCH3 is 1. The molecule has 0 aliphatic carbocycles. The van der Waals surface area contributed by atoms with Crippen molar-refractivity contribution in [2.75, 3.05) is 7.11 Å². The summed E-state index contributed by atoms with van der Waals surface area (Å²) in [5, 5.41) is 2.75. The number of hydrogen-bond donors (Lipinski definition) is 1. The fourth-order valence-electron chi connectivity index (χ4n) is 2.36.